The Labute approximate surface area is 101 Å². The van der Waals surface area contributed by atoms with Gasteiger partial charge in [-0.1, -0.05) is 11.6 Å². The van der Waals surface area contributed by atoms with Crippen LogP contribution in [0.2, 0.25) is 0 Å². The van der Waals surface area contributed by atoms with E-state index in [4.69, 9.17) is 10.9 Å². The summed E-state index contributed by atoms with van der Waals surface area (Å²) in [5, 5.41) is 11.5. The van der Waals surface area contributed by atoms with Crippen LogP contribution in [0.5, 0.6) is 0 Å². The smallest absolute Gasteiger partial charge is 0.188 e. The summed E-state index contributed by atoms with van der Waals surface area (Å²) in [5.74, 6) is 0.863. The van der Waals surface area contributed by atoms with Crippen molar-refractivity contribution in [2.75, 3.05) is 18.5 Å². The lowest BCUT2D eigenvalue weighted by molar-refractivity contribution is 0.318. The van der Waals surface area contributed by atoms with Gasteiger partial charge in [0.25, 0.3) is 0 Å². The molecule has 5 nitrogen and oxygen atoms in total. The second-order valence-corrected chi connectivity index (χ2v) is 4.56. The molecule has 1 aliphatic rings. The summed E-state index contributed by atoms with van der Waals surface area (Å²) < 4.78 is 0. The highest BCUT2D eigenvalue weighted by atomic mass is 16.4. The molecule has 0 aliphatic heterocycles. The minimum Gasteiger partial charge on any atom is -0.409 e. The molecule has 0 aromatic carbocycles. The molecule has 3 N–H and O–H groups in total. The van der Waals surface area contributed by atoms with Crippen molar-refractivity contribution in [1.29, 1.82) is 0 Å². The van der Waals surface area contributed by atoms with Crippen molar-refractivity contribution in [3.8, 4) is 0 Å². The Morgan fingerprint density at radius 2 is 2.35 bits per heavy atom. The van der Waals surface area contributed by atoms with E-state index < -0.39 is 0 Å². The van der Waals surface area contributed by atoms with Gasteiger partial charge in [0.1, 0.15) is 5.69 Å². The molecule has 1 aromatic heterocycles. The summed E-state index contributed by atoms with van der Waals surface area (Å²) in [4.78, 5) is 6.37. The molecule has 0 radical (unpaired) electrons. The molecular weight excluding hydrogens is 216 g/mol. The highest BCUT2D eigenvalue weighted by Crippen LogP contribution is 2.28. The zero-order chi connectivity index (χ0) is 12.3. The van der Waals surface area contributed by atoms with Crippen LogP contribution in [-0.4, -0.2) is 29.6 Å². The van der Waals surface area contributed by atoms with E-state index in [0.29, 0.717) is 5.69 Å². The first-order valence-corrected chi connectivity index (χ1v) is 5.86. The van der Waals surface area contributed by atoms with E-state index in [0.717, 1.165) is 18.2 Å². The van der Waals surface area contributed by atoms with Gasteiger partial charge in [-0.2, -0.15) is 0 Å². The van der Waals surface area contributed by atoms with Gasteiger partial charge >= 0.3 is 0 Å². The maximum Gasteiger partial charge on any atom is 0.188 e. The number of amidine groups is 1. The molecule has 0 amide bonds. The molecule has 5 heteroatoms. The number of pyridine rings is 1. The van der Waals surface area contributed by atoms with Gasteiger partial charge in [0, 0.05) is 13.6 Å². The molecular formula is C12H18N4O. The summed E-state index contributed by atoms with van der Waals surface area (Å²) in [7, 11) is 2.07. The van der Waals surface area contributed by atoms with Crippen LogP contribution in [0.25, 0.3) is 0 Å². The monoisotopic (exact) mass is 234 g/mol. The van der Waals surface area contributed by atoms with Crippen LogP contribution < -0.4 is 10.6 Å². The number of aromatic nitrogens is 1. The molecule has 0 atom stereocenters. The van der Waals surface area contributed by atoms with Gasteiger partial charge in [-0.05, 0) is 30.9 Å². The molecule has 1 heterocycles. The third-order valence-corrected chi connectivity index (χ3v) is 3.32. The van der Waals surface area contributed by atoms with Crippen molar-refractivity contribution in [2.24, 2.45) is 16.8 Å². The number of nitrogens with zero attached hydrogens (tertiary/aromatic N) is 3. The first-order chi connectivity index (χ1) is 8.20. The Balaban J connectivity index is 2.01. The maximum atomic E-state index is 8.54. The summed E-state index contributed by atoms with van der Waals surface area (Å²) >= 11 is 0. The van der Waals surface area contributed by atoms with Crippen molar-refractivity contribution in [2.45, 2.75) is 19.3 Å². The van der Waals surface area contributed by atoms with Crippen molar-refractivity contribution >= 4 is 11.5 Å². The molecule has 0 spiro atoms. The number of hydrogen-bond acceptors (Lipinski definition) is 4. The number of anilines is 1. The fourth-order valence-electron chi connectivity index (χ4n) is 1.98. The van der Waals surface area contributed by atoms with E-state index in [2.05, 4.69) is 22.1 Å². The highest BCUT2D eigenvalue weighted by Gasteiger charge is 2.19. The van der Waals surface area contributed by atoms with Crippen molar-refractivity contribution in [3.05, 3.63) is 24.0 Å². The fourth-order valence-corrected chi connectivity index (χ4v) is 1.98. The van der Waals surface area contributed by atoms with Crippen LogP contribution in [0, 0.1) is 5.92 Å². The van der Waals surface area contributed by atoms with Crippen LogP contribution in [0.4, 0.5) is 5.69 Å². The van der Waals surface area contributed by atoms with Crippen LogP contribution in [0.1, 0.15) is 25.0 Å². The quantitative estimate of drug-likeness (QED) is 0.357. The Hall–Kier alpha value is -1.78. The van der Waals surface area contributed by atoms with E-state index in [9.17, 15) is 0 Å². The molecule has 1 aliphatic carbocycles. The Kier molecular flexibility index (Phi) is 3.46. The zero-order valence-corrected chi connectivity index (χ0v) is 10.0. The highest BCUT2D eigenvalue weighted by molar-refractivity contribution is 5.95. The molecule has 17 heavy (non-hydrogen) atoms. The first-order valence-electron chi connectivity index (χ1n) is 5.86. The van der Waals surface area contributed by atoms with Gasteiger partial charge in [0.2, 0.25) is 0 Å². The van der Waals surface area contributed by atoms with Gasteiger partial charge in [-0.3, -0.25) is 4.98 Å². The normalized spacial score (nSPS) is 16.6. The van der Waals surface area contributed by atoms with E-state index in [1.165, 1.54) is 19.3 Å². The van der Waals surface area contributed by atoms with Crippen molar-refractivity contribution in [1.82, 2.24) is 4.98 Å². The van der Waals surface area contributed by atoms with Crippen molar-refractivity contribution in [3.63, 3.8) is 0 Å². The number of rotatable bonds is 4. The van der Waals surface area contributed by atoms with Crippen LogP contribution in [0.3, 0.4) is 0 Å². The maximum absolute atomic E-state index is 8.54. The zero-order valence-electron chi connectivity index (χ0n) is 10.0. The Morgan fingerprint density at radius 3 is 2.82 bits per heavy atom. The third kappa shape index (κ3) is 2.67. The Bertz CT molecular complexity index is 397. The van der Waals surface area contributed by atoms with Crippen molar-refractivity contribution < 1.29 is 5.21 Å². The summed E-state index contributed by atoms with van der Waals surface area (Å²) in [6.07, 6.45) is 5.78. The predicted molar refractivity (Wildman–Crippen MR) is 67.4 cm³/mol. The van der Waals surface area contributed by atoms with Gasteiger partial charge < -0.3 is 15.8 Å². The average molecular weight is 234 g/mol. The topological polar surface area (TPSA) is 74.7 Å². The lowest BCUT2D eigenvalue weighted by Crippen LogP contribution is -2.29. The predicted octanol–water partition coefficient (Wildman–Crippen LogP) is 1.41. The second-order valence-electron chi connectivity index (χ2n) is 4.56. The third-order valence-electron chi connectivity index (χ3n) is 3.32. The lowest BCUT2D eigenvalue weighted by Gasteiger charge is -2.31. The average Bonchev–Trinajstić information content (AvgIpc) is 2.32. The lowest BCUT2D eigenvalue weighted by atomic mass is 9.85. The summed E-state index contributed by atoms with van der Waals surface area (Å²) in [6.45, 7) is 1.07. The first kappa shape index (κ1) is 11.7. The molecule has 2 rings (SSSR count). The SMILES string of the molecule is CN(CC1CCC1)c1ccc(/C(N)=N/O)nc1. The summed E-state index contributed by atoms with van der Waals surface area (Å²) in [6, 6.07) is 3.71. The van der Waals surface area contributed by atoms with E-state index in [1.807, 2.05) is 6.07 Å². The fraction of sp³-hybridized carbons (Fsp3) is 0.500. The molecule has 1 aromatic rings. The largest absolute Gasteiger partial charge is 0.409 e. The van der Waals surface area contributed by atoms with Crippen LogP contribution in [-0.2, 0) is 0 Å². The minimum absolute atomic E-state index is 0.0400. The minimum atomic E-state index is 0.0400. The van der Waals surface area contributed by atoms with E-state index in [1.54, 1.807) is 12.3 Å². The van der Waals surface area contributed by atoms with Gasteiger partial charge in [-0.25, -0.2) is 0 Å². The van der Waals surface area contributed by atoms with Gasteiger partial charge in [0.05, 0.1) is 11.9 Å². The number of hydrogen-bond donors (Lipinski definition) is 2. The molecule has 0 unspecified atom stereocenters. The molecule has 92 valence electrons. The van der Waals surface area contributed by atoms with Gasteiger partial charge in [-0.15, -0.1) is 0 Å². The molecule has 0 bridgehead atoms. The molecule has 0 saturated heterocycles. The second kappa shape index (κ2) is 5.03. The van der Waals surface area contributed by atoms with Crippen LogP contribution in [0.15, 0.2) is 23.5 Å². The number of nitrogens with two attached hydrogens (primary N) is 1. The number of oxime groups is 1. The molecule has 1 fully saturated rings. The Morgan fingerprint density at radius 1 is 1.59 bits per heavy atom. The van der Waals surface area contributed by atoms with Crippen LogP contribution >= 0.6 is 0 Å². The van der Waals surface area contributed by atoms with E-state index >= 15 is 0 Å². The standard InChI is InChI=1S/C12H18N4O/c1-16(8-9-3-2-4-9)10-5-6-11(14-7-10)12(13)15-17/h5-7,9,17H,2-4,8H2,1H3,(H2,13,15). The van der Waals surface area contributed by atoms with Gasteiger partial charge in [0.15, 0.2) is 5.84 Å². The summed E-state index contributed by atoms with van der Waals surface area (Å²) in [5.41, 5.74) is 7.01. The molecule has 1 saturated carbocycles. The van der Waals surface area contributed by atoms with E-state index in [-0.39, 0.29) is 5.84 Å².